The van der Waals surface area contributed by atoms with Crippen LogP contribution in [0.1, 0.15) is 29.0 Å². The second-order valence-corrected chi connectivity index (χ2v) is 6.40. The van der Waals surface area contributed by atoms with Crippen LogP contribution in [-0.2, 0) is 13.0 Å². The van der Waals surface area contributed by atoms with E-state index in [1.54, 1.807) is 6.07 Å². The summed E-state index contributed by atoms with van der Waals surface area (Å²) in [6.45, 7) is 4.15. The fraction of sp³-hybridized carbons (Fsp3) is 0.368. The Labute approximate surface area is 143 Å². The third-order valence-electron chi connectivity index (χ3n) is 4.92. The predicted octanol–water partition coefficient (Wildman–Crippen LogP) is 4.21. The maximum absolute atomic E-state index is 13.4. The van der Waals surface area contributed by atoms with E-state index in [1.807, 2.05) is 6.07 Å². The number of anilines is 1. The van der Waals surface area contributed by atoms with Gasteiger partial charge in [0.2, 0.25) is 0 Å². The maximum atomic E-state index is 13.4. The average molecular weight is 333 g/mol. The summed E-state index contributed by atoms with van der Waals surface area (Å²) in [4.78, 5) is 2.49. The second kappa shape index (κ2) is 6.90. The molecule has 0 saturated carbocycles. The monoisotopic (exact) mass is 332 g/mol. The van der Waals surface area contributed by atoms with Crippen LogP contribution in [0.25, 0.3) is 0 Å². The van der Waals surface area contributed by atoms with Crippen molar-refractivity contribution >= 4 is 18.1 Å². The van der Waals surface area contributed by atoms with Gasteiger partial charge in [-0.2, -0.15) is 0 Å². The quantitative estimate of drug-likeness (QED) is 0.906. The lowest BCUT2D eigenvalue weighted by Gasteiger charge is -2.18. The van der Waals surface area contributed by atoms with Gasteiger partial charge < -0.3 is 5.32 Å². The zero-order valence-electron chi connectivity index (χ0n) is 13.1. The van der Waals surface area contributed by atoms with E-state index in [4.69, 9.17) is 0 Å². The topological polar surface area (TPSA) is 15.3 Å². The molecule has 4 rings (SSSR count). The molecule has 1 N–H and O–H groups in total. The number of halogens is 2. The lowest BCUT2D eigenvalue weighted by Crippen LogP contribution is -2.20. The first-order valence-electron chi connectivity index (χ1n) is 8.12. The van der Waals surface area contributed by atoms with Crippen LogP contribution < -0.4 is 5.32 Å². The standard InChI is InChI=1S/C19H21FN2.ClH/c20-18-6-2-4-15(11-18)16-8-10-22(12-16)13-17-5-1-3-14-7-9-21-19(14)17;/h1-6,11,16,21H,7-10,12-13H2;1H. The summed E-state index contributed by atoms with van der Waals surface area (Å²) in [6, 6.07) is 13.7. The number of hydrogen-bond donors (Lipinski definition) is 1. The summed E-state index contributed by atoms with van der Waals surface area (Å²) in [5.74, 6) is 0.335. The van der Waals surface area contributed by atoms with Gasteiger partial charge in [-0.1, -0.05) is 30.3 Å². The first-order chi connectivity index (χ1) is 10.8. The Balaban J connectivity index is 0.00000156. The van der Waals surface area contributed by atoms with E-state index in [2.05, 4.69) is 34.5 Å². The highest BCUT2D eigenvalue weighted by molar-refractivity contribution is 5.85. The van der Waals surface area contributed by atoms with E-state index in [1.165, 1.54) is 22.9 Å². The van der Waals surface area contributed by atoms with Gasteiger partial charge in [-0.25, -0.2) is 4.39 Å². The van der Waals surface area contributed by atoms with Crippen LogP contribution in [0.2, 0.25) is 0 Å². The third kappa shape index (κ3) is 3.36. The summed E-state index contributed by atoms with van der Waals surface area (Å²) in [5.41, 5.74) is 5.32. The van der Waals surface area contributed by atoms with Gasteiger partial charge in [0, 0.05) is 25.3 Å². The zero-order valence-corrected chi connectivity index (χ0v) is 13.9. The smallest absolute Gasteiger partial charge is 0.123 e. The lowest BCUT2D eigenvalue weighted by atomic mass is 9.98. The minimum absolute atomic E-state index is 0. The Hall–Kier alpha value is -1.58. The first kappa shape index (κ1) is 16.3. The number of fused-ring (bicyclic) bond motifs is 1. The molecule has 0 amide bonds. The highest BCUT2D eigenvalue weighted by Crippen LogP contribution is 2.32. The van der Waals surface area contributed by atoms with E-state index in [0.717, 1.165) is 44.6 Å². The summed E-state index contributed by atoms with van der Waals surface area (Å²) in [6.07, 6.45) is 2.25. The van der Waals surface area contributed by atoms with Crippen molar-refractivity contribution in [3.63, 3.8) is 0 Å². The van der Waals surface area contributed by atoms with Crippen molar-refractivity contribution in [3.8, 4) is 0 Å². The number of hydrogen-bond acceptors (Lipinski definition) is 2. The SMILES string of the molecule is Cl.Fc1cccc(C2CCN(Cc3cccc4c3NCC4)C2)c1. The van der Waals surface area contributed by atoms with E-state index in [0.29, 0.717) is 5.92 Å². The molecule has 2 nitrogen and oxygen atoms in total. The Morgan fingerprint density at radius 1 is 1.17 bits per heavy atom. The molecule has 2 heterocycles. The Morgan fingerprint density at radius 2 is 2.04 bits per heavy atom. The third-order valence-corrected chi connectivity index (χ3v) is 4.92. The van der Waals surface area contributed by atoms with Crippen LogP contribution in [0.3, 0.4) is 0 Å². The van der Waals surface area contributed by atoms with Crippen LogP contribution >= 0.6 is 12.4 Å². The maximum Gasteiger partial charge on any atom is 0.123 e. The Bertz CT molecular complexity index is 689. The molecule has 2 aromatic rings. The van der Waals surface area contributed by atoms with Crippen LogP contribution in [0.5, 0.6) is 0 Å². The molecule has 2 aromatic carbocycles. The van der Waals surface area contributed by atoms with Crippen LogP contribution in [0.15, 0.2) is 42.5 Å². The highest BCUT2D eigenvalue weighted by Gasteiger charge is 2.25. The molecule has 1 unspecified atom stereocenters. The molecule has 0 aliphatic carbocycles. The molecule has 1 atom stereocenters. The first-order valence-corrected chi connectivity index (χ1v) is 8.12. The number of nitrogens with zero attached hydrogens (tertiary/aromatic N) is 1. The van der Waals surface area contributed by atoms with E-state index in [9.17, 15) is 4.39 Å². The van der Waals surface area contributed by atoms with Gasteiger partial charge >= 0.3 is 0 Å². The van der Waals surface area contributed by atoms with Gasteiger partial charge in [0.15, 0.2) is 0 Å². The van der Waals surface area contributed by atoms with Crippen molar-refractivity contribution in [2.45, 2.75) is 25.3 Å². The minimum atomic E-state index is -0.124. The van der Waals surface area contributed by atoms with Crippen LogP contribution in [0.4, 0.5) is 10.1 Å². The molecular weight excluding hydrogens is 311 g/mol. The molecule has 0 spiro atoms. The number of benzene rings is 2. The molecule has 0 radical (unpaired) electrons. The predicted molar refractivity (Wildman–Crippen MR) is 94.9 cm³/mol. The van der Waals surface area contributed by atoms with Gasteiger partial charge in [-0.3, -0.25) is 4.90 Å². The lowest BCUT2D eigenvalue weighted by molar-refractivity contribution is 0.327. The largest absolute Gasteiger partial charge is 0.384 e. The van der Waals surface area contributed by atoms with Gasteiger partial charge in [-0.05, 0) is 54.1 Å². The highest BCUT2D eigenvalue weighted by atomic mass is 35.5. The Kier molecular flexibility index (Phi) is 4.88. The van der Waals surface area contributed by atoms with Crippen molar-refractivity contribution < 1.29 is 4.39 Å². The number of para-hydroxylation sites is 1. The van der Waals surface area contributed by atoms with Crippen molar-refractivity contribution in [1.29, 1.82) is 0 Å². The van der Waals surface area contributed by atoms with Gasteiger partial charge in [0.25, 0.3) is 0 Å². The zero-order chi connectivity index (χ0) is 14.9. The molecule has 2 aliphatic heterocycles. The number of rotatable bonds is 3. The molecule has 2 aliphatic rings. The summed E-state index contributed by atoms with van der Waals surface area (Å²) >= 11 is 0. The molecule has 23 heavy (non-hydrogen) atoms. The second-order valence-electron chi connectivity index (χ2n) is 6.40. The van der Waals surface area contributed by atoms with Crippen molar-refractivity contribution in [1.82, 2.24) is 4.90 Å². The molecule has 0 aromatic heterocycles. The molecular formula is C19H22ClFN2. The minimum Gasteiger partial charge on any atom is -0.384 e. The van der Waals surface area contributed by atoms with E-state index in [-0.39, 0.29) is 18.2 Å². The molecule has 122 valence electrons. The van der Waals surface area contributed by atoms with E-state index < -0.39 is 0 Å². The molecule has 1 saturated heterocycles. The summed E-state index contributed by atoms with van der Waals surface area (Å²) in [7, 11) is 0. The van der Waals surface area contributed by atoms with Crippen molar-refractivity contribution in [2.75, 3.05) is 25.0 Å². The van der Waals surface area contributed by atoms with Gasteiger partial charge in [-0.15, -0.1) is 12.4 Å². The normalized spacial score (nSPS) is 20.0. The Morgan fingerprint density at radius 3 is 2.91 bits per heavy atom. The fourth-order valence-electron chi connectivity index (χ4n) is 3.79. The summed E-state index contributed by atoms with van der Waals surface area (Å²) in [5, 5.41) is 3.52. The summed E-state index contributed by atoms with van der Waals surface area (Å²) < 4.78 is 13.4. The van der Waals surface area contributed by atoms with Crippen molar-refractivity contribution in [3.05, 3.63) is 65.0 Å². The van der Waals surface area contributed by atoms with E-state index >= 15 is 0 Å². The average Bonchev–Trinajstić information content (AvgIpc) is 3.16. The number of likely N-dealkylation sites (tertiary alicyclic amines) is 1. The number of nitrogens with one attached hydrogen (secondary N) is 1. The molecule has 1 fully saturated rings. The van der Waals surface area contributed by atoms with Crippen LogP contribution in [-0.4, -0.2) is 24.5 Å². The molecule has 0 bridgehead atoms. The van der Waals surface area contributed by atoms with Gasteiger partial charge in [0.1, 0.15) is 5.82 Å². The van der Waals surface area contributed by atoms with Crippen molar-refractivity contribution in [2.24, 2.45) is 0 Å². The fourth-order valence-corrected chi connectivity index (χ4v) is 3.79. The van der Waals surface area contributed by atoms with Crippen LogP contribution in [0, 0.1) is 5.82 Å². The molecule has 4 heteroatoms. The van der Waals surface area contributed by atoms with Gasteiger partial charge in [0.05, 0.1) is 0 Å².